The van der Waals surface area contributed by atoms with Crippen molar-refractivity contribution in [2.45, 2.75) is 13.8 Å². The predicted molar refractivity (Wildman–Crippen MR) is 68.6 cm³/mol. The van der Waals surface area contributed by atoms with Crippen molar-refractivity contribution in [3.8, 4) is 5.75 Å². The standard InChI is InChI=1S/C12H10N2O5/c1-5-3-7-10(6(2)11(5)14(18)19)8(15)4-9(16)12(17)13-7/h3-4,16H,1-2H3,(H,13,17). The lowest BCUT2D eigenvalue weighted by atomic mass is 10.0. The van der Waals surface area contributed by atoms with Gasteiger partial charge in [0.1, 0.15) is 0 Å². The number of nitrogens with zero attached hydrogens (tertiary/aromatic N) is 1. The quantitative estimate of drug-likeness (QED) is 0.590. The molecule has 0 spiro atoms. The van der Waals surface area contributed by atoms with Gasteiger partial charge in [0.15, 0.2) is 11.2 Å². The van der Waals surface area contributed by atoms with Crippen LogP contribution in [0.15, 0.2) is 21.7 Å². The molecule has 0 unspecified atom stereocenters. The Balaban J connectivity index is 3.16. The SMILES string of the molecule is Cc1cc2[nH]c(=O)c(O)cc(=O)c2c(C)c1[N+](=O)[O-]. The molecule has 98 valence electrons. The fraction of sp³-hybridized carbons (Fsp3) is 0.167. The number of aromatic hydroxyl groups is 1. The first-order valence-electron chi connectivity index (χ1n) is 5.38. The van der Waals surface area contributed by atoms with Gasteiger partial charge in [0.2, 0.25) is 0 Å². The summed E-state index contributed by atoms with van der Waals surface area (Å²) in [7, 11) is 0. The third-order valence-corrected chi connectivity index (χ3v) is 2.91. The second kappa shape index (κ2) is 4.20. The molecule has 0 atom stereocenters. The summed E-state index contributed by atoms with van der Waals surface area (Å²) in [5.74, 6) is -0.721. The monoisotopic (exact) mass is 262 g/mol. The number of aryl methyl sites for hydroxylation is 2. The van der Waals surface area contributed by atoms with Crippen molar-refractivity contribution >= 4 is 16.6 Å². The van der Waals surface area contributed by atoms with Crippen LogP contribution < -0.4 is 11.0 Å². The molecule has 0 amide bonds. The van der Waals surface area contributed by atoms with Crippen LogP contribution in [0.4, 0.5) is 5.69 Å². The summed E-state index contributed by atoms with van der Waals surface area (Å²) in [6.45, 7) is 2.95. The van der Waals surface area contributed by atoms with Crippen LogP contribution in [0.1, 0.15) is 11.1 Å². The molecule has 0 aliphatic carbocycles. The fourth-order valence-electron chi connectivity index (χ4n) is 2.12. The molecule has 2 aromatic rings. The Morgan fingerprint density at radius 2 is 1.89 bits per heavy atom. The van der Waals surface area contributed by atoms with Gasteiger partial charge in [-0.3, -0.25) is 19.7 Å². The van der Waals surface area contributed by atoms with E-state index < -0.39 is 21.7 Å². The number of nitrogens with one attached hydrogen (secondary N) is 1. The zero-order chi connectivity index (χ0) is 14.3. The minimum absolute atomic E-state index is 0.0229. The Hall–Kier alpha value is -2.70. The number of rotatable bonds is 1. The van der Waals surface area contributed by atoms with Gasteiger partial charge in [-0.1, -0.05) is 0 Å². The number of benzene rings is 1. The average Bonchev–Trinajstić information content (AvgIpc) is 2.36. The van der Waals surface area contributed by atoms with E-state index in [-0.39, 0.29) is 22.2 Å². The van der Waals surface area contributed by atoms with E-state index >= 15 is 0 Å². The summed E-state index contributed by atoms with van der Waals surface area (Å²) in [5, 5.41) is 20.3. The van der Waals surface area contributed by atoms with Crippen molar-refractivity contribution < 1.29 is 10.0 Å². The maximum Gasteiger partial charge on any atom is 0.290 e. The van der Waals surface area contributed by atoms with Crippen LogP contribution in [0.3, 0.4) is 0 Å². The maximum atomic E-state index is 11.9. The molecule has 0 aliphatic heterocycles. The highest BCUT2D eigenvalue weighted by molar-refractivity contribution is 5.86. The lowest BCUT2D eigenvalue weighted by Gasteiger charge is -2.03. The Bertz CT molecular complexity index is 823. The minimum Gasteiger partial charge on any atom is -0.503 e. The molecule has 1 aromatic heterocycles. The Morgan fingerprint density at radius 1 is 1.26 bits per heavy atom. The molecule has 0 bridgehead atoms. The molecule has 0 saturated heterocycles. The van der Waals surface area contributed by atoms with Gasteiger partial charge in [-0.25, -0.2) is 0 Å². The fourth-order valence-corrected chi connectivity index (χ4v) is 2.12. The highest BCUT2D eigenvalue weighted by atomic mass is 16.6. The van der Waals surface area contributed by atoms with Crippen LogP contribution in [0.5, 0.6) is 5.75 Å². The number of aromatic nitrogens is 1. The van der Waals surface area contributed by atoms with E-state index in [0.29, 0.717) is 5.56 Å². The summed E-state index contributed by atoms with van der Waals surface area (Å²) in [6, 6.07) is 2.11. The van der Waals surface area contributed by atoms with E-state index in [9.17, 15) is 24.8 Å². The third-order valence-electron chi connectivity index (χ3n) is 2.91. The van der Waals surface area contributed by atoms with E-state index in [1.807, 2.05) is 0 Å². The molecule has 0 radical (unpaired) electrons. The molecule has 19 heavy (non-hydrogen) atoms. The number of nitro benzene ring substituents is 1. The van der Waals surface area contributed by atoms with Crippen LogP contribution >= 0.6 is 0 Å². The number of aromatic amines is 1. The summed E-state index contributed by atoms with van der Waals surface area (Å²) in [5.41, 5.74) is -0.981. The zero-order valence-corrected chi connectivity index (χ0v) is 10.2. The number of H-pyrrole nitrogens is 1. The van der Waals surface area contributed by atoms with Crippen LogP contribution in [0.25, 0.3) is 10.9 Å². The Morgan fingerprint density at radius 3 is 2.47 bits per heavy atom. The topological polar surface area (TPSA) is 113 Å². The molecule has 7 nitrogen and oxygen atoms in total. The van der Waals surface area contributed by atoms with Crippen LogP contribution in [-0.2, 0) is 0 Å². The molecule has 0 saturated carbocycles. The smallest absolute Gasteiger partial charge is 0.290 e. The Kier molecular flexibility index (Phi) is 2.82. The van der Waals surface area contributed by atoms with Crippen molar-refractivity contribution in [3.63, 3.8) is 0 Å². The third kappa shape index (κ3) is 1.95. The van der Waals surface area contributed by atoms with Gasteiger partial charge in [0.25, 0.3) is 11.2 Å². The van der Waals surface area contributed by atoms with Crippen LogP contribution in [-0.4, -0.2) is 15.0 Å². The second-order valence-corrected chi connectivity index (χ2v) is 4.19. The first-order chi connectivity index (χ1) is 8.82. The lowest BCUT2D eigenvalue weighted by Crippen LogP contribution is -2.03. The van der Waals surface area contributed by atoms with Crippen molar-refractivity contribution in [2.75, 3.05) is 0 Å². The number of fused-ring (bicyclic) bond motifs is 1. The Labute approximate surface area is 106 Å². The van der Waals surface area contributed by atoms with Crippen LogP contribution in [0, 0.1) is 24.0 Å². The lowest BCUT2D eigenvalue weighted by molar-refractivity contribution is -0.385. The molecule has 2 N–H and O–H groups in total. The van der Waals surface area contributed by atoms with E-state index in [4.69, 9.17) is 0 Å². The minimum atomic E-state index is -0.820. The molecule has 1 heterocycles. The number of hydrogen-bond donors (Lipinski definition) is 2. The summed E-state index contributed by atoms with van der Waals surface area (Å²) >= 11 is 0. The molecular formula is C12H10N2O5. The molecule has 7 heteroatoms. The van der Waals surface area contributed by atoms with Gasteiger partial charge in [-0.2, -0.15) is 0 Å². The van der Waals surface area contributed by atoms with Crippen molar-refractivity contribution in [1.82, 2.24) is 4.98 Å². The van der Waals surface area contributed by atoms with Gasteiger partial charge >= 0.3 is 0 Å². The number of nitro groups is 1. The predicted octanol–water partition coefficient (Wildman–Crippen LogP) is 1.12. The molecular weight excluding hydrogens is 252 g/mol. The molecule has 2 rings (SSSR count). The normalized spacial score (nSPS) is 10.6. The van der Waals surface area contributed by atoms with Gasteiger partial charge in [-0.05, 0) is 19.9 Å². The van der Waals surface area contributed by atoms with Crippen molar-refractivity contribution in [1.29, 1.82) is 0 Å². The van der Waals surface area contributed by atoms with E-state index in [1.165, 1.54) is 19.9 Å². The highest BCUT2D eigenvalue weighted by Gasteiger charge is 2.19. The molecule has 0 aliphatic rings. The summed E-state index contributed by atoms with van der Waals surface area (Å²) in [6.07, 6.45) is 0. The number of hydrogen-bond acceptors (Lipinski definition) is 5. The average molecular weight is 262 g/mol. The summed E-state index contributed by atoms with van der Waals surface area (Å²) < 4.78 is 0. The van der Waals surface area contributed by atoms with Gasteiger partial charge in [-0.15, -0.1) is 0 Å². The highest BCUT2D eigenvalue weighted by Crippen LogP contribution is 2.27. The first kappa shape index (κ1) is 12.7. The van der Waals surface area contributed by atoms with Crippen LogP contribution in [0.2, 0.25) is 0 Å². The summed E-state index contributed by atoms with van der Waals surface area (Å²) in [4.78, 5) is 36.1. The largest absolute Gasteiger partial charge is 0.503 e. The second-order valence-electron chi connectivity index (χ2n) is 4.19. The van der Waals surface area contributed by atoms with Crippen molar-refractivity contribution in [3.05, 3.63) is 54.0 Å². The van der Waals surface area contributed by atoms with Crippen molar-refractivity contribution in [2.24, 2.45) is 0 Å². The first-order valence-corrected chi connectivity index (χ1v) is 5.38. The van der Waals surface area contributed by atoms with Gasteiger partial charge in [0.05, 0.1) is 15.8 Å². The van der Waals surface area contributed by atoms with E-state index in [1.54, 1.807) is 0 Å². The maximum absolute atomic E-state index is 11.9. The van der Waals surface area contributed by atoms with E-state index in [0.717, 1.165) is 6.07 Å². The molecule has 0 fully saturated rings. The van der Waals surface area contributed by atoms with E-state index in [2.05, 4.69) is 4.98 Å². The zero-order valence-electron chi connectivity index (χ0n) is 10.2. The molecule has 1 aromatic carbocycles. The van der Waals surface area contributed by atoms with Gasteiger partial charge < -0.3 is 10.1 Å². The van der Waals surface area contributed by atoms with Gasteiger partial charge in [0, 0.05) is 17.2 Å².